The number of carbonyl (C=O) groups excluding carboxylic acids is 3. The molecule has 1 rings (SSSR count). The summed E-state index contributed by atoms with van der Waals surface area (Å²) in [6.45, 7) is 7.35. The standard InChI is InChI=1S/C15H25NO4S/c1-5-6-9-21-12(18)10-11(17)15(7-8-15)16-13(19)20-14(2,3)4/h5-10H2,1-4H3,(H,16,19). The summed E-state index contributed by atoms with van der Waals surface area (Å²) in [5, 5.41) is 2.50. The van der Waals surface area contributed by atoms with Crippen molar-refractivity contribution in [2.75, 3.05) is 5.75 Å². The van der Waals surface area contributed by atoms with Crippen LogP contribution < -0.4 is 5.32 Å². The average Bonchev–Trinajstić information content (AvgIpc) is 3.07. The molecule has 0 bridgehead atoms. The van der Waals surface area contributed by atoms with Gasteiger partial charge in [0.2, 0.25) is 0 Å². The number of ether oxygens (including phenoxy) is 1. The van der Waals surface area contributed by atoms with E-state index < -0.39 is 17.2 Å². The summed E-state index contributed by atoms with van der Waals surface area (Å²) in [4.78, 5) is 35.6. The molecule has 1 aliphatic carbocycles. The lowest BCUT2D eigenvalue weighted by atomic mass is 10.1. The SMILES string of the molecule is CCCCSC(=O)CC(=O)C1(NC(=O)OC(C)(C)C)CC1. The third-order valence-corrected chi connectivity index (χ3v) is 4.05. The number of nitrogens with one attached hydrogen (secondary N) is 1. The largest absolute Gasteiger partial charge is 0.444 e. The Morgan fingerprint density at radius 1 is 1.24 bits per heavy atom. The molecule has 0 aromatic heterocycles. The van der Waals surface area contributed by atoms with Crippen LogP contribution in [0.2, 0.25) is 0 Å². The molecule has 6 heteroatoms. The molecule has 1 saturated carbocycles. The van der Waals surface area contributed by atoms with Gasteiger partial charge in [-0.25, -0.2) is 4.79 Å². The minimum atomic E-state index is -0.872. The van der Waals surface area contributed by atoms with E-state index in [9.17, 15) is 14.4 Å². The van der Waals surface area contributed by atoms with E-state index in [0.717, 1.165) is 18.6 Å². The van der Waals surface area contributed by atoms with Crippen molar-refractivity contribution in [1.29, 1.82) is 0 Å². The molecule has 0 radical (unpaired) electrons. The lowest BCUT2D eigenvalue weighted by Gasteiger charge is -2.22. The highest BCUT2D eigenvalue weighted by Crippen LogP contribution is 2.38. The zero-order valence-electron chi connectivity index (χ0n) is 13.3. The van der Waals surface area contributed by atoms with Crippen LogP contribution >= 0.6 is 11.8 Å². The van der Waals surface area contributed by atoms with Crippen molar-refractivity contribution in [2.45, 2.75) is 70.9 Å². The lowest BCUT2D eigenvalue weighted by molar-refractivity contribution is -0.125. The molecule has 1 amide bonds. The van der Waals surface area contributed by atoms with E-state index in [-0.39, 0.29) is 17.3 Å². The fourth-order valence-corrected chi connectivity index (χ4v) is 2.67. The van der Waals surface area contributed by atoms with Crippen molar-refractivity contribution < 1.29 is 19.1 Å². The zero-order chi connectivity index (χ0) is 16.1. The minimum absolute atomic E-state index is 0.120. The van der Waals surface area contributed by atoms with Crippen LogP contribution in [0.5, 0.6) is 0 Å². The first kappa shape index (κ1) is 18.0. The number of rotatable bonds is 7. The van der Waals surface area contributed by atoms with E-state index in [0.29, 0.717) is 12.8 Å². The van der Waals surface area contributed by atoms with Crippen LogP contribution in [0.15, 0.2) is 0 Å². The molecule has 0 aliphatic heterocycles. The van der Waals surface area contributed by atoms with E-state index in [1.807, 2.05) is 0 Å². The van der Waals surface area contributed by atoms with Gasteiger partial charge in [0, 0.05) is 5.75 Å². The van der Waals surface area contributed by atoms with Crippen molar-refractivity contribution in [2.24, 2.45) is 0 Å². The molecule has 0 heterocycles. The Morgan fingerprint density at radius 2 is 1.86 bits per heavy atom. The van der Waals surface area contributed by atoms with Gasteiger partial charge in [0.15, 0.2) is 10.9 Å². The molecule has 1 N–H and O–H groups in total. The molecular weight excluding hydrogens is 290 g/mol. The van der Waals surface area contributed by atoms with Gasteiger partial charge in [-0.3, -0.25) is 9.59 Å². The normalized spacial score (nSPS) is 16.2. The second-order valence-electron chi connectivity index (χ2n) is 6.38. The van der Waals surface area contributed by atoms with Gasteiger partial charge >= 0.3 is 6.09 Å². The quantitative estimate of drug-likeness (QED) is 0.577. The maximum Gasteiger partial charge on any atom is 0.408 e. The molecule has 0 atom stereocenters. The summed E-state index contributed by atoms with van der Waals surface area (Å²) >= 11 is 1.20. The second-order valence-corrected chi connectivity index (χ2v) is 7.54. The summed E-state index contributed by atoms with van der Waals surface area (Å²) in [5.41, 5.74) is -1.47. The van der Waals surface area contributed by atoms with Gasteiger partial charge in [-0.15, -0.1) is 0 Å². The number of unbranched alkanes of at least 4 members (excludes halogenated alkanes) is 1. The van der Waals surface area contributed by atoms with E-state index in [4.69, 9.17) is 4.74 Å². The molecule has 21 heavy (non-hydrogen) atoms. The smallest absolute Gasteiger partial charge is 0.408 e. The van der Waals surface area contributed by atoms with Crippen LogP contribution in [0.25, 0.3) is 0 Å². The van der Waals surface area contributed by atoms with Gasteiger partial charge in [0.1, 0.15) is 11.1 Å². The first-order chi connectivity index (χ1) is 9.68. The zero-order valence-corrected chi connectivity index (χ0v) is 14.1. The van der Waals surface area contributed by atoms with Crippen molar-refractivity contribution in [3.05, 3.63) is 0 Å². The monoisotopic (exact) mass is 315 g/mol. The molecule has 0 saturated heterocycles. The Hall–Kier alpha value is -1.04. The summed E-state index contributed by atoms with van der Waals surface area (Å²) < 4.78 is 5.16. The Morgan fingerprint density at radius 3 is 2.33 bits per heavy atom. The molecule has 120 valence electrons. The fourth-order valence-electron chi connectivity index (χ4n) is 1.78. The van der Waals surface area contributed by atoms with E-state index in [1.165, 1.54) is 11.8 Å². The Balaban J connectivity index is 2.42. The number of alkyl carbamates (subject to hydrolysis) is 1. The van der Waals surface area contributed by atoms with Gasteiger partial charge in [-0.2, -0.15) is 0 Å². The predicted octanol–water partition coefficient (Wildman–Crippen LogP) is 3.06. The molecule has 5 nitrogen and oxygen atoms in total. The molecular formula is C15H25NO4S. The number of hydrogen-bond acceptors (Lipinski definition) is 5. The number of carbonyl (C=O) groups is 3. The second kappa shape index (κ2) is 7.29. The van der Waals surface area contributed by atoms with Crippen LogP contribution in [0.4, 0.5) is 4.79 Å². The third-order valence-electron chi connectivity index (χ3n) is 3.09. The van der Waals surface area contributed by atoms with Crippen molar-refractivity contribution in [3.8, 4) is 0 Å². The highest BCUT2D eigenvalue weighted by molar-refractivity contribution is 8.13. The highest BCUT2D eigenvalue weighted by Gasteiger charge is 2.51. The van der Waals surface area contributed by atoms with Crippen LogP contribution in [0, 0.1) is 0 Å². The average molecular weight is 315 g/mol. The van der Waals surface area contributed by atoms with Gasteiger partial charge in [-0.05, 0) is 40.0 Å². The number of amides is 1. The molecule has 0 aromatic rings. The number of hydrogen-bond donors (Lipinski definition) is 1. The predicted molar refractivity (Wildman–Crippen MR) is 83.3 cm³/mol. The van der Waals surface area contributed by atoms with Crippen molar-refractivity contribution in [1.82, 2.24) is 5.32 Å². The van der Waals surface area contributed by atoms with E-state index in [2.05, 4.69) is 12.2 Å². The van der Waals surface area contributed by atoms with Crippen LogP contribution in [-0.4, -0.2) is 33.9 Å². The van der Waals surface area contributed by atoms with Gasteiger partial charge in [0.25, 0.3) is 0 Å². The van der Waals surface area contributed by atoms with E-state index in [1.54, 1.807) is 20.8 Å². The first-order valence-electron chi connectivity index (χ1n) is 7.38. The van der Waals surface area contributed by atoms with E-state index >= 15 is 0 Å². The maximum atomic E-state index is 12.2. The van der Waals surface area contributed by atoms with Gasteiger partial charge in [0.05, 0.1) is 6.42 Å². The molecule has 0 spiro atoms. The number of ketones is 1. The minimum Gasteiger partial charge on any atom is -0.444 e. The molecule has 0 aromatic carbocycles. The molecule has 0 unspecified atom stereocenters. The van der Waals surface area contributed by atoms with Crippen LogP contribution in [0.3, 0.4) is 0 Å². The van der Waals surface area contributed by atoms with Gasteiger partial charge < -0.3 is 10.1 Å². The maximum absolute atomic E-state index is 12.2. The molecule has 1 aliphatic rings. The fraction of sp³-hybridized carbons (Fsp3) is 0.800. The molecule has 1 fully saturated rings. The third kappa shape index (κ3) is 6.50. The number of thioether (sulfide) groups is 1. The lowest BCUT2D eigenvalue weighted by Crippen LogP contribution is -2.45. The Bertz CT molecular complexity index is 410. The summed E-state index contributed by atoms with van der Waals surface area (Å²) in [6, 6.07) is 0. The van der Waals surface area contributed by atoms with Crippen LogP contribution in [-0.2, 0) is 14.3 Å². The Kier molecular flexibility index (Phi) is 6.25. The van der Waals surface area contributed by atoms with Crippen molar-refractivity contribution in [3.63, 3.8) is 0 Å². The van der Waals surface area contributed by atoms with Gasteiger partial charge in [-0.1, -0.05) is 25.1 Å². The highest BCUT2D eigenvalue weighted by atomic mass is 32.2. The Labute approximate surface area is 130 Å². The summed E-state index contributed by atoms with van der Waals surface area (Å²) in [6.07, 6.45) is 2.43. The van der Waals surface area contributed by atoms with Crippen LogP contribution in [0.1, 0.15) is 59.8 Å². The van der Waals surface area contributed by atoms with Crippen molar-refractivity contribution >= 4 is 28.8 Å². The summed E-state index contributed by atoms with van der Waals surface area (Å²) in [5.74, 6) is 0.539. The summed E-state index contributed by atoms with van der Waals surface area (Å²) in [7, 11) is 0. The first-order valence-corrected chi connectivity index (χ1v) is 8.37. The number of Topliss-reactive ketones (excluding diaryl/α,β-unsaturated/α-hetero) is 1. The topological polar surface area (TPSA) is 72.5 Å².